The molecule has 0 amide bonds. The lowest BCUT2D eigenvalue weighted by atomic mass is 10.2. The van der Waals surface area contributed by atoms with Crippen molar-refractivity contribution < 1.29 is 9.53 Å². The molecule has 0 spiro atoms. The van der Waals surface area contributed by atoms with Crippen molar-refractivity contribution in [3.05, 3.63) is 36.0 Å². The maximum Gasteiger partial charge on any atom is 0.305 e. The van der Waals surface area contributed by atoms with Crippen molar-refractivity contribution in [2.45, 2.75) is 19.4 Å². The number of esters is 1. The largest absolute Gasteiger partial charge is 0.469 e. The lowest BCUT2D eigenvalue weighted by molar-refractivity contribution is -0.140. The van der Waals surface area contributed by atoms with Crippen LogP contribution in [0.2, 0.25) is 0 Å². The number of hydrogen-bond donors (Lipinski definition) is 2. The minimum absolute atomic E-state index is 0.149. The summed E-state index contributed by atoms with van der Waals surface area (Å²) in [5.41, 5.74) is 2.41. The fourth-order valence-electron chi connectivity index (χ4n) is 1.96. The molecular weight excluding hydrogens is 228 g/mol. The predicted molar refractivity (Wildman–Crippen MR) is 71.3 cm³/mol. The second-order valence-electron chi connectivity index (χ2n) is 4.22. The average Bonchev–Trinajstić information content (AvgIpc) is 2.81. The lowest BCUT2D eigenvalue weighted by Gasteiger charge is -2.03. The van der Waals surface area contributed by atoms with Crippen molar-refractivity contribution in [1.82, 2.24) is 10.3 Å². The van der Waals surface area contributed by atoms with E-state index in [1.807, 2.05) is 18.3 Å². The van der Waals surface area contributed by atoms with Crippen LogP contribution in [0.1, 0.15) is 18.4 Å². The zero-order valence-electron chi connectivity index (χ0n) is 10.5. The molecule has 0 bridgehead atoms. The first-order valence-corrected chi connectivity index (χ1v) is 6.14. The van der Waals surface area contributed by atoms with Crippen molar-refractivity contribution in [3.8, 4) is 0 Å². The summed E-state index contributed by atoms with van der Waals surface area (Å²) in [5.74, 6) is -0.149. The van der Waals surface area contributed by atoms with Crippen LogP contribution in [0.5, 0.6) is 0 Å². The highest BCUT2D eigenvalue weighted by atomic mass is 16.5. The van der Waals surface area contributed by atoms with Gasteiger partial charge in [-0.05, 0) is 24.6 Å². The minimum atomic E-state index is -0.149. The molecule has 4 nitrogen and oxygen atoms in total. The summed E-state index contributed by atoms with van der Waals surface area (Å²) in [6, 6.07) is 8.23. The average molecular weight is 246 g/mol. The zero-order valence-corrected chi connectivity index (χ0v) is 10.5. The van der Waals surface area contributed by atoms with E-state index in [0.717, 1.165) is 25.0 Å². The number of aromatic nitrogens is 1. The molecule has 1 heterocycles. The summed E-state index contributed by atoms with van der Waals surface area (Å²) < 4.78 is 4.59. The molecule has 1 aromatic heterocycles. The summed E-state index contributed by atoms with van der Waals surface area (Å²) in [5, 5.41) is 4.58. The van der Waals surface area contributed by atoms with Crippen LogP contribution in [0.3, 0.4) is 0 Å². The van der Waals surface area contributed by atoms with Crippen LogP contribution in [0.25, 0.3) is 10.9 Å². The Morgan fingerprint density at radius 1 is 1.39 bits per heavy atom. The Labute approximate surface area is 106 Å². The number of benzene rings is 1. The number of aromatic amines is 1. The Bertz CT molecular complexity index is 519. The fourth-order valence-corrected chi connectivity index (χ4v) is 1.96. The molecule has 0 aliphatic heterocycles. The molecule has 0 unspecified atom stereocenters. The first-order chi connectivity index (χ1) is 8.81. The number of H-pyrrole nitrogens is 1. The number of carbonyl (C=O) groups is 1. The van der Waals surface area contributed by atoms with E-state index < -0.39 is 0 Å². The first kappa shape index (κ1) is 12.6. The number of carbonyl (C=O) groups excluding carboxylic acids is 1. The number of methoxy groups -OCH3 is 1. The Morgan fingerprint density at radius 2 is 2.22 bits per heavy atom. The lowest BCUT2D eigenvalue weighted by Crippen LogP contribution is -2.15. The van der Waals surface area contributed by atoms with Crippen LogP contribution in [0.4, 0.5) is 0 Å². The molecule has 0 saturated carbocycles. The van der Waals surface area contributed by atoms with Gasteiger partial charge in [0.2, 0.25) is 0 Å². The van der Waals surface area contributed by atoms with Gasteiger partial charge in [-0.15, -0.1) is 0 Å². The maximum absolute atomic E-state index is 10.9. The van der Waals surface area contributed by atoms with Gasteiger partial charge in [-0.3, -0.25) is 4.79 Å². The molecule has 0 radical (unpaired) electrons. The van der Waals surface area contributed by atoms with E-state index in [9.17, 15) is 4.79 Å². The highest BCUT2D eigenvalue weighted by molar-refractivity contribution is 5.82. The molecule has 18 heavy (non-hydrogen) atoms. The van der Waals surface area contributed by atoms with Gasteiger partial charge in [0.25, 0.3) is 0 Å². The molecule has 0 fully saturated rings. The van der Waals surface area contributed by atoms with Gasteiger partial charge in [0.15, 0.2) is 0 Å². The number of nitrogens with one attached hydrogen (secondary N) is 2. The third-order valence-corrected chi connectivity index (χ3v) is 2.95. The van der Waals surface area contributed by atoms with Crippen LogP contribution in [0.15, 0.2) is 30.5 Å². The van der Waals surface area contributed by atoms with E-state index in [-0.39, 0.29) is 5.97 Å². The van der Waals surface area contributed by atoms with Gasteiger partial charge in [0.05, 0.1) is 7.11 Å². The second kappa shape index (κ2) is 6.21. The topological polar surface area (TPSA) is 54.1 Å². The maximum atomic E-state index is 10.9. The molecule has 2 N–H and O–H groups in total. The van der Waals surface area contributed by atoms with Crippen LogP contribution in [-0.4, -0.2) is 24.6 Å². The van der Waals surface area contributed by atoms with Crippen molar-refractivity contribution in [2.24, 2.45) is 0 Å². The molecule has 96 valence electrons. The monoisotopic (exact) mass is 246 g/mol. The molecule has 0 saturated heterocycles. The highest BCUT2D eigenvalue weighted by Gasteiger charge is 2.02. The van der Waals surface area contributed by atoms with Gasteiger partial charge in [0.1, 0.15) is 0 Å². The van der Waals surface area contributed by atoms with Crippen molar-refractivity contribution in [1.29, 1.82) is 0 Å². The quantitative estimate of drug-likeness (QED) is 0.607. The van der Waals surface area contributed by atoms with Crippen molar-refractivity contribution >= 4 is 16.9 Å². The van der Waals surface area contributed by atoms with Crippen molar-refractivity contribution in [2.75, 3.05) is 13.7 Å². The Kier molecular flexibility index (Phi) is 4.36. The van der Waals surface area contributed by atoms with Gasteiger partial charge in [-0.25, -0.2) is 0 Å². The van der Waals surface area contributed by atoms with E-state index >= 15 is 0 Å². The fraction of sp³-hybridized carbons (Fsp3) is 0.357. The van der Waals surface area contributed by atoms with E-state index in [1.165, 1.54) is 18.1 Å². The first-order valence-electron chi connectivity index (χ1n) is 6.14. The van der Waals surface area contributed by atoms with Gasteiger partial charge < -0.3 is 15.0 Å². The number of para-hydroxylation sites is 1. The summed E-state index contributed by atoms with van der Waals surface area (Å²) in [6.07, 6.45) is 3.30. The third kappa shape index (κ3) is 3.11. The molecular formula is C14H18N2O2. The number of fused-ring (bicyclic) bond motifs is 1. The number of ether oxygens (including phenoxy) is 1. The predicted octanol–water partition coefficient (Wildman–Crippen LogP) is 2.21. The van der Waals surface area contributed by atoms with Gasteiger partial charge in [-0.2, -0.15) is 0 Å². The van der Waals surface area contributed by atoms with E-state index in [1.54, 1.807) is 0 Å². The van der Waals surface area contributed by atoms with Gasteiger partial charge >= 0.3 is 5.97 Å². The van der Waals surface area contributed by atoms with Crippen LogP contribution in [-0.2, 0) is 16.1 Å². The smallest absolute Gasteiger partial charge is 0.305 e. The summed E-state index contributed by atoms with van der Waals surface area (Å²) >= 11 is 0. The van der Waals surface area contributed by atoms with Crippen LogP contribution >= 0.6 is 0 Å². The Morgan fingerprint density at radius 3 is 3.06 bits per heavy atom. The minimum Gasteiger partial charge on any atom is -0.469 e. The molecule has 4 heteroatoms. The number of rotatable bonds is 6. The van der Waals surface area contributed by atoms with E-state index in [0.29, 0.717) is 6.42 Å². The molecule has 1 aromatic carbocycles. The third-order valence-electron chi connectivity index (χ3n) is 2.95. The van der Waals surface area contributed by atoms with Gasteiger partial charge in [0, 0.05) is 30.1 Å². The van der Waals surface area contributed by atoms with Crippen molar-refractivity contribution in [3.63, 3.8) is 0 Å². The molecule has 0 aliphatic rings. The molecule has 2 aromatic rings. The normalized spacial score (nSPS) is 10.7. The molecule has 2 rings (SSSR count). The summed E-state index contributed by atoms with van der Waals surface area (Å²) in [6.45, 7) is 1.62. The highest BCUT2D eigenvalue weighted by Crippen LogP contribution is 2.17. The van der Waals surface area contributed by atoms with E-state index in [4.69, 9.17) is 0 Å². The SMILES string of the molecule is COC(=O)CCCNCc1c[nH]c2ccccc12. The Hall–Kier alpha value is -1.81. The van der Waals surface area contributed by atoms with E-state index in [2.05, 4.69) is 27.2 Å². The summed E-state index contributed by atoms with van der Waals surface area (Å²) in [7, 11) is 1.42. The van der Waals surface area contributed by atoms with Crippen LogP contribution in [0, 0.1) is 0 Å². The zero-order chi connectivity index (χ0) is 12.8. The van der Waals surface area contributed by atoms with Crippen LogP contribution < -0.4 is 5.32 Å². The molecule has 0 atom stereocenters. The molecule has 0 aliphatic carbocycles. The number of hydrogen-bond acceptors (Lipinski definition) is 3. The standard InChI is InChI=1S/C14H18N2O2/c1-18-14(17)7-4-8-15-9-11-10-16-13-6-3-2-5-12(11)13/h2-3,5-6,10,15-16H,4,7-9H2,1H3. The Balaban J connectivity index is 1.78. The second-order valence-corrected chi connectivity index (χ2v) is 4.22. The summed E-state index contributed by atoms with van der Waals surface area (Å²) in [4.78, 5) is 14.2. The van der Waals surface area contributed by atoms with Gasteiger partial charge in [-0.1, -0.05) is 18.2 Å².